The van der Waals surface area contributed by atoms with E-state index in [-0.39, 0.29) is 0 Å². The van der Waals surface area contributed by atoms with E-state index in [2.05, 4.69) is 15.9 Å². The monoisotopic (exact) mass is 407 g/mol. The number of aryl methyl sites for hydroxylation is 1. The van der Waals surface area contributed by atoms with Gasteiger partial charge in [-0.3, -0.25) is 0 Å². The predicted molar refractivity (Wildman–Crippen MR) is 91.4 cm³/mol. The van der Waals surface area contributed by atoms with Gasteiger partial charge in [-0.25, -0.2) is 8.42 Å². The Balaban J connectivity index is 2.26. The molecule has 1 heterocycles. The highest BCUT2D eigenvalue weighted by Gasteiger charge is 2.24. The SMILES string of the molecule is Cc1cc(S(=O)(=O)N(C)Cc2cccc(Br)c2)sc1CCl. The summed E-state index contributed by atoms with van der Waals surface area (Å²) in [5.74, 6) is 0.335. The van der Waals surface area contributed by atoms with Crippen molar-refractivity contribution in [3.63, 3.8) is 0 Å². The van der Waals surface area contributed by atoms with Crippen molar-refractivity contribution in [2.24, 2.45) is 0 Å². The molecule has 0 aliphatic carbocycles. The average Bonchev–Trinajstić information content (AvgIpc) is 2.80. The van der Waals surface area contributed by atoms with Crippen molar-refractivity contribution in [3.05, 3.63) is 50.8 Å². The predicted octanol–water partition coefficient (Wildman–Crippen LogP) is 4.38. The van der Waals surface area contributed by atoms with Crippen LogP contribution in [0.3, 0.4) is 0 Å². The molecule has 0 atom stereocenters. The molecule has 0 fully saturated rings. The first-order valence-electron chi connectivity index (χ1n) is 6.20. The molecule has 2 rings (SSSR count). The first kappa shape index (κ1) is 17.0. The topological polar surface area (TPSA) is 37.4 Å². The number of alkyl halides is 1. The number of thiophene rings is 1. The number of rotatable bonds is 5. The quantitative estimate of drug-likeness (QED) is 0.689. The Hall–Kier alpha value is -0.400. The standard InChI is InChI=1S/C14H15BrClNO2S2/c1-10-6-14(20-13(10)8-16)21(18,19)17(2)9-11-4-3-5-12(15)7-11/h3-7H,8-9H2,1-2H3. The van der Waals surface area contributed by atoms with Crippen LogP contribution in [-0.2, 0) is 22.4 Å². The van der Waals surface area contributed by atoms with Crippen LogP contribution < -0.4 is 0 Å². The van der Waals surface area contributed by atoms with Crippen LogP contribution in [-0.4, -0.2) is 19.8 Å². The fourth-order valence-corrected chi connectivity index (χ4v) is 5.51. The zero-order valence-electron chi connectivity index (χ0n) is 11.6. The van der Waals surface area contributed by atoms with Gasteiger partial charge in [0.1, 0.15) is 4.21 Å². The van der Waals surface area contributed by atoms with Crippen molar-refractivity contribution in [1.29, 1.82) is 0 Å². The summed E-state index contributed by atoms with van der Waals surface area (Å²) in [5.41, 5.74) is 1.85. The second-order valence-electron chi connectivity index (χ2n) is 4.70. The van der Waals surface area contributed by atoms with Crippen LogP contribution in [0.25, 0.3) is 0 Å². The molecule has 0 amide bonds. The average molecular weight is 409 g/mol. The fourth-order valence-electron chi connectivity index (χ4n) is 1.88. The summed E-state index contributed by atoms with van der Waals surface area (Å²) < 4.78 is 27.8. The lowest BCUT2D eigenvalue weighted by Crippen LogP contribution is -2.25. The van der Waals surface area contributed by atoms with Crippen molar-refractivity contribution >= 4 is 48.9 Å². The third-order valence-electron chi connectivity index (χ3n) is 3.08. The zero-order chi connectivity index (χ0) is 15.6. The molecule has 21 heavy (non-hydrogen) atoms. The Kier molecular flexibility index (Phi) is 5.48. The van der Waals surface area contributed by atoms with E-state index >= 15 is 0 Å². The van der Waals surface area contributed by atoms with Gasteiger partial charge in [0.05, 0.1) is 5.88 Å². The number of sulfonamides is 1. The van der Waals surface area contributed by atoms with Gasteiger partial charge in [-0.2, -0.15) is 4.31 Å². The highest BCUT2D eigenvalue weighted by Crippen LogP contribution is 2.29. The molecule has 0 spiro atoms. The molecule has 0 saturated carbocycles. The highest BCUT2D eigenvalue weighted by molar-refractivity contribution is 9.10. The van der Waals surface area contributed by atoms with E-state index in [0.29, 0.717) is 16.6 Å². The molecule has 114 valence electrons. The van der Waals surface area contributed by atoms with Crippen LogP contribution in [0.4, 0.5) is 0 Å². The van der Waals surface area contributed by atoms with Crippen LogP contribution in [0.15, 0.2) is 39.0 Å². The van der Waals surface area contributed by atoms with Crippen molar-refractivity contribution < 1.29 is 8.42 Å². The van der Waals surface area contributed by atoms with E-state index in [1.165, 1.54) is 15.6 Å². The molecule has 0 radical (unpaired) electrons. The number of hydrogen-bond donors (Lipinski definition) is 0. The molecule has 3 nitrogen and oxygen atoms in total. The molecule has 2 aromatic rings. The summed E-state index contributed by atoms with van der Waals surface area (Å²) in [7, 11) is -1.89. The lowest BCUT2D eigenvalue weighted by Gasteiger charge is -2.16. The van der Waals surface area contributed by atoms with Crippen molar-refractivity contribution in [2.75, 3.05) is 7.05 Å². The van der Waals surface area contributed by atoms with Crippen LogP contribution in [0.1, 0.15) is 16.0 Å². The van der Waals surface area contributed by atoms with E-state index in [1.54, 1.807) is 13.1 Å². The number of benzene rings is 1. The van der Waals surface area contributed by atoms with Crippen LogP contribution in [0.5, 0.6) is 0 Å². The van der Waals surface area contributed by atoms with Gasteiger partial charge in [-0.05, 0) is 36.2 Å². The second kappa shape index (κ2) is 6.79. The van der Waals surface area contributed by atoms with Gasteiger partial charge in [0, 0.05) is 22.9 Å². The molecule has 0 aliphatic rings. The number of hydrogen-bond acceptors (Lipinski definition) is 3. The lowest BCUT2D eigenvalue weighted by atomic mass is 10.2. The molecule has 1 aromatic carbocycles. The van der Waals surface area contributed by atoms with E-state index in [4.69, 9.17) is 11.6 Å². The minimum atomic E-state index is -3.48. The van der Waals surface area contributed by atoms with Crippen molar-refractivity contribution in [1.82, 2.24) is 4.31 Å². The molecule has 7 heteroatoms. The van der Waals surface area contributed by atoms with Crippen molar-refractivity contribution in [3.8, 4) is 0 Å². The zero-order valence-corrected chi connectivity index (χ0v) is 15.6. The minimum Gasteiger partial charge on any atom is -0.206 e. The molecular weight excluding hydrogens is 394 g/mol. The second-order valence-corrected chi connectivity index (χ2v) is 9.29. The maximum absolute atomic E-state index is 12.6. The highest BCUT2D eigenvalue weighted by atomic mass is 79.9. The summed E-state index contributed by atoms with van der Waals surface area (Å²) in [5, 5.41) is 0. The van der Waals surface area contributed by atoms with Gasteiger partial charge < -0.3 is 0 Å². The number of halogens is 2. The number of nitrogens with zero attached hydrogens (tertiary/aromatic N) is 1. The maximum atomic E-state index is 12.6. The van der Waals surface area contributed by atoms with E-state index in [9.17, 15) is 8.42 Å². The molecular formula is C14H15BrClNO2S2. The van der Waals surface area contributed by atoms with E-state index < -0.39 is 10.0 Å². The minimum absolute atomic E-state index is 0.328. The molecule has 1 aromatic heterocycles. The Bertz CT molecular complexity index is 743. The Labute approximate surface area is 142 Å². The van der Waals surface area contributed by atoms with Gasteiger partial charge in [0.25, 0.3) is 10.0 Å². The molecule has 0 N–H and O–H groups in total. The molecule has 0 unspecified atom stereocenters. The summed E-state index contributed by atoms with van der Waals surface area (Å²) in [6.45, 7) is 2.20. The molecule has 0 bridgehead atoms. The van der Waals surface area contributed by atoms with E-state index in [1.807, 2.05) is 31.2 Å². The summed E-state index contributed by atoms with van der Waals surface area (Å²) >= 11 is 10.4. The van der Waals surface area contributed by atoms with Crippen molar-refractivity contribution in [2.45, 2.75) is 23.6 Å². The smallest absolute Gasteiger partial charge is 0.206 e. The third kappa shape index (κ3) is 3.87. The van der Waals surface area contributed by atoms with Crippen LogP contribution in [0, 0.1) is 6.92 Å². The summed E-state index contributed by atoms with van der Waals surface area (Å²) in [6, 6.07) is 9.31. The van der Waals surface area contributed by atoms with Gasteiger partial charge >= 0.3 is 0 Å². The molecule has 0 aliphatic heterocycles. The van der Waals surface area contributed by atoms with Gasteiger partial charge in [0.15, 0.2) is 0 Å². The van der Waals surface area contributed by atoms with Gasteiger partial charge in [0.2, 0.25) is 0 Å². The Morgan fingerprint density at radius 2 is 2.05 bits per heavy atom. The normalized spacial score (nSPS) is 12.0. The van der Waals surface area contributed by atoms with Gasteiger partial charge in [-0.15, -0.1) is 22.9 Å². The maximum Gasteiger partial charge on any atom is 0.252 e. The summed E-state index contributed by atoms with van der Waals surface area (Å²) in [6.07, 6.45) is 0. The first-order chi connectivity index (χ1) is 9.84. The first-order valence-corrected chi connectivity index (χ1v) is 9.79. The third-order valence-corrected chi connectivity index (χ3v) is 7.49. The van der Waals surface area contributed by atoms with Crippen LogP contribution >= 0.6 is 38.9 Å². The Morgan fingerprint density at radius 1 is 1.33 bits per heavy atom. The van der Waals surface area contributed by atoms with Crippen LogP contribution in [0.2, 0.25) is 0 Å². The summed E-state index contributed by atoms with van der Waals surface area (Å²) in [4.78, 5) is 0.895. The Morgan fingerprint density at radius 3 is 2.62 bits per heavy atom. The fraction of sp³-hybridized carbons (Fsp3) is 0.286. The van der Waals surface area contributed by atoms with E-state index in [0.717, 1.165) is 20.5 Å². The van der Waals surface area contributed by atoms with Gasteiger partial charge in [-0.1, -0.05) is 28.1 Å². The lowest BCUT2D eigenvalue weighted by molar-refractivity contribution is 0.468. The molecule has 0 saturated heterocycles. The largest absolute Gasteiger partial charge is 0.252 e.